The first-order valence-electron chi connectivity index (χ1n) is 14.5. The number of nitrogens with zero attached hydrogens (tertiary/aromatic N) is 3. The summed E-state index contributed by atoms with van der Waals surface area (Å²) in [7, 11) is 5.61. The molecule has 1 heterocycles. The van der Waals surface area contributed by atoms with Crippen LogP contribution in [-0.4, -0.2) is 86.2 Å². The summed E-state index contributed by atoms with van der Waals surface area (Å²) in [5.74, 6) is -1.78. The Hall–Kier alpha value is -3.11. The summed E-state index contributed by atoms with van der Waals surface area (Å²) in [5, 5.41) is 0. The summed E-state index contributed by atoms with van der Waals surface area (Å²) in [5.41, 5.74) is 1.32. The molecule has 2 aromatic carbocycles. The Bertz CT molecular complexity index is 1260. The quantitative estimate of drug-likeness (QED) is 0.265. The number of likely N-dealkylation sites (tertiary alicyclic amines) is 1. The van der Waals surface area contributed by atoms with Gasteiger partial charge in [-0.3, -0.25) is 9.69 Å². The minimum atomic E-state index is -3.03. The molecule has 1 saturated carbocycles. The number of methoxy groups -OCH3 is 1. The van der Waals surface area contributed by atoms with Crippen molar-refractivity contribution in [1.82, 2.24) is 14.7 Å². The first kappa shape index (κ1) is 31.8. The molecule has 1 aliphatic carbocycles. The first-order chi connectivity index (χ1) is 20.0. The topological polar surface area (TPSA) is 45.2 Å². The predicted molar refractivity (Wildman–Crippen MR) is 155 cm³/mol. The number of halogens is 4. The van der Waals surface area contributed by atoms with Gasteiger partial charge in [0, 0.05) is 48.4 Å². The number of rotatable bonds is 12. The minimum absolute atomic E-state index is 0.0263. The standard InChI is InChI=1S/C32H41F4N3O3/c1-22(16-23-9-11-25(33)18-27(23)34)19-39(30(40)24-10-12-28(42-31(35)36)29(17-24)41-4)20-26-8-7-15-38(26)21-32(37(2)3)13-5-6-14-32/h9-12,16-18,26,31H,5-8,13-15,19-21H2,1-4H3/b22-16+. The number of ether oxygens (including phenoxy) is 2. The van der Waals surface area contributed by atoms with Gasteiger partial charge in [0.1, 0.15) is 11.6 Å². The molecule has 0 N–H and O–H groups in total. The molecule has 2 aliphatic rings. The van der Waals surface area contributed by atoms with Crippen LogP contribution in [0.1, 0.15) is 61.4 Å². The predicted octanol–water partition coefficient (Wildman–Crippen LogP) is 6.46. The van der Waals surface area contributed by atoms with E-state index >= 15 is 0 Å². The van der Waals surface area contributed by atoms with Crippen LogP contribution in [0.15, 0.2) is 42.0 Å². The van der Waals surface area contributed by atoms with Gasteiger partial charge in [0.25, 0.3) is 5.91 Å². The Morgan fingerprint density at radius 2 is 1.83 bits per heavy atom. The summed E-state index contributed by atoms with van der Waals surface area (Å²) in [6.07, 6.45) is 8.28. The van der Waals surface area contributed by atoms with Crippen molar-refractivity contribution in [3.05, 3.63) is 64.7 Å². The van der Waals surface area contributed by atoms with E-state index in [-0.39, 0.29) is 46.7 Å². The number of amides is 1. The van der Waals surface area contributed by atoms with E-state index in [1.807, 2.05) is 0 Å². The molecule has 10 heteroatoms. The first-order valence-corrected chi connectivity index (χ1v) is 14.5. The highest BCUT2D eigenvalue weighted by Crippen LogP contribution is 2.36. The lowest BCUT2D eigenvalue weighted by Crippen LogP contribution is -2.54. The summed E-state index contributed by atoms with van der Waals surface area (Å²) in [6.45, 7) is 1.29. The van der Waals surface area contributed by atoms with Gasteiger partial charge in [-0.05, 0) is 83.6 Å². The molecule has 1 amide bonds. The van der Waals surface area contributed by atoms with Crippen LogP contribution < -0.4 is 9.47 Å². The van der Waals surface area contributed by atoms with Crippen LogP contribution in [0.25, 0.3) is 6.08 Å². The van der Waals surface area contributed by atoms with Crippen LogP contribution in [0.5, 0.6) is 11.5 Å². The van der Waals surface area contributed by atoms with Crippen LogP contribution in [0.2, 0.25) is 0 Å². The second-order valence-corrected chi connectivity index (χ2v) is 11.7. The average Bonchev–Trinajstić information content (AvgIpc) is 3.60. The molecule has 1 saturated heterocycles. The highest BCUT2D eigenvalue weighted by atomic mass is 19.3. The smallest absolute Gasteiger partial charge is 0.387 e. The van der Waals surface area contributed by atoms with Gasteiger partial charge in [-0.1, -0.05) is 24.5 Å². The maximum absolute atomic E-state index is 14.4. The van der Waals surface area contributed by atoms with Crippen molar-refractivity contribution in [3.8, 4) is 11.5 Å². The van der Waals surface area contributed by atoms with E-state index in [2.05, 4.69) is 28.6 Å². The van der Waals surface area contributed by atoms with Gasteiger partial charge >= 0.3 is 6.61 Å². The summed E-state index contributed by atoms with van der Waals surface area (Å²) in [4.78, 5) is 20.5. The lowest BCUT2D eigenvalue weighted by Gasteiger charge is -2.42. The molecule has 1 atom stereocenters. The van der Waals surface area contributed by atoms with Gasteiger partial charge in [-0.15, -0.1) is 0 Å². The molecule has 4 rings (SSSR count). The number of benzene rings is 2. The van der Waals surface area contributed by atoms with Crippen LogP contribution in [-0.2, 0) is 0 Å². The molecule has 0 bridgehead atoms. The Labute approximate surface area is 245 Å². The van der Waals surface area contributed by atoms with Gasteiger partial charge in [0.05, 0.1) is 7.11 Å². The zero-order valence-corrected chi connectivity index (χ0v) is 24.8. The monoisotopic (exact) mass is 591 g/mol. The van der Waals surface area contributed by atoms with Gasteiger partial charge in [0.15, 0.2) is 11.5 Å². The van der Waals surface area contributed by atoms with Gasteiger partial charge in [0.2, 0.25) is 0 Å². The van der Waals surface area contributed by atoms with Crippen molar-refractivity contribution in [2.24, 2.45) is 0 Å². The molecule has 2 aromatic rings. The number of carbonyl (C=O) groups excluding carboxylic acids is 1. The zero-order valence-electron chi connectivity index (χ0n) is 24.8. The highest BCUT2D eigenvalue weighted by molar-refractivity contribution is 5.95. The van der Waals surface area contributed by atoms with Crippen molar-refractivity contribution >= 4 is 12.0 Å². The third kappa shape index (κ3) is 7.64. The van der Waals surface area contributed by atoms with Gasteiger partial charge in [-0.2, -0.15) is 8.78 Å². The average molecular weight is 592 g/mol. The summed E-state index contributed by atoms with van der Waals surface area (Å²) in [6, 6.07) is 7.67. The van der Waals surface area contributed by atoms with Gasteiger partial charge < -0.3 is 19.3 Å². The number of alkyl halides is 2. The number of likely N-dealkylation sites (N-methyl/N-ethyl adjacent to an activating group) is 1. The van der Waals surface area contributed by atoms with Crippen molar-refractivity contribution in [1.29, 1.82) is 0 Å². The number of hydrogen-bond donors (Lipinski definition) is 0. The van der Waals surface area contributed by atoms with E-state index in [1.165, 1.54) is 50.3 Å². The zero-order chi connectivity index (χ0) is 30.4. The number of carbonyl (C=O) groups is 1. The normalized spacial score (nSPS) is 19.1. The molecule has 0 radical (unpaired) electrons. The maximum atomic E-state index is 14.4. The van der Waals surface area contributed by atoms with E-state index in [0.717, 1.165) is 44.8 Å². The molecule has 42 heavy (non-hydrogen) atoms. The third-order valence-corrected chi connectivity index (χ3v) is 8.63. The molecular weight excluding hydrogens is 550 g/mol. The van der Waals surface area contributed by atoms with Crippen molar-refractivity contribution in [2.75, 3.05) is 47.4 Å². The fourth-order valence-corrected chi connectivity index (χ4v) is 6.35. The fourth-order valence-electron chi connectivity index (χ4n) is 6.35. The van der Waals surface area contributed by atoms with Crippen molar-refractivity contribution in [2.45, 2.75) is 63.6 Å². The van der Waals surface area contributed by atoms with Crippen LogP contribution in [0.3, 0.4) is 0 Å². The third-order valence-electron chi connectivity index (χ3n) is 8.63. The lowest BCUT2D eigenvalue weighted by atomic mass is 9.94. The van der Waals surface area contributed by atoms with Crippen molar-refractivity contribution < 1.29 is 31.8 Å². The van der Waals surface area contributed by atoms with Gasteiger partial charge in [-0.25, -0.2) is 8.78 Å². The molecule has 230 valence electrons. The molecule has 2 fully saturated rings. The molecule has 6 nitrogen and oxygen atoms in total. The van der Waals surface area contributed by atoms with Crippen LogP contribution in [0.4, 0.5) is 17.6 Å². The Morgan fingerprint density at radius 1 is 1.10 bits per heavy atom. The molecule has 0 spiro atoms. The minimum Gasteiger partial charge on any atom is -0.493 e. The van der Waals surface area contributed by atoms with E-state index < -0.39 is 18.2 Å². The Morgan fingerprint density at radius 3 is 2.48 bits per heavy atom. The highest BCUT2D eigenvalue weighted by Gasteiger charge is 2.40. The SMILES string of the molecule is COc1cc(C(=O)N(C/C(C)=C/c2ccc(F)cc2F)CC2CCCN2CC2(N(C)C)CCCC2)ccc1OC(F)F. The van der Waals surface area contributed by atoms with E-state index in [4.69, 9.17) is 4.74 Å². The second kappa shape index (κ2) is 13.9. The fraction of sp³-hybridized carbons (Fsp3) is 0.531. The number of hydrogen-bond acceptors (Lipinski definition) is 5. The lowest BCUT2D eigenvalue weighted by molar-refractivity contribution is -0.0512. The van der Waals surface area contributed by atoms with E-state index in [0.29, 0.717) is 12.1 Å². The molecule has 1 aliphatic heterocycles. The van der Waals surface area contributed by atoms with Crippen LogP contribution >= 0.6 is 0 Å². The summed E-state index contributed by atoms with van der Waals surface area (Å²) < 4.78 is 63.4. The molecule has 0 aromatic heterocycles. The van der Waals surface area contributed by atoms with Crippen molar-refractivity contribution in [3.63, 3.8) is 0 Å². The molecular formula is C32H41F4N3O3. The maximum Gasteiger partial charge on any atom is 0.387 e. The summed E-state index contributed by atoms with van der Waals surface area (Å²) >= 11 is 0. The Balaban J connectivity index is 1.61. The Kier molecular flexibility index (Phi) is 10.5. The van der Waals surface area contributed by atoms with E-state index in [1.54, 1.807) is 17.9 Å². The van der Waals surface area contributed by atoms with Crippen LogP contribution in [0, 0.1) is 11.6 Å². The molecule has 1 unspecified atom stereocenters. The second-order valence-electron chi connectivity index (χ2n) is 11.7. The largest absolute Gasteiger partial charge is 0.493 e. The van der Waals surface area contributed by atoms with E-state index in [9.17, 15) is 22.4 Å².